The number of halogens is 1. The number of nitrogens with zero attached hydrogens (tertiary/aromatic N) is 5. The van der Waals surface area contributed by atoms with Gasteiger partial charge in [0.1, 0.15) is 17.0 Å². The Labute approximate surface area is 183 Å². The van der Waals surface area contributed by atoms with Gasteiger partial charge in [0, 0.05) is 38.4 Å². The van der Waals surface area contributed by atoms with E-state index in [9.17, 15) is 14.0 Å². The lowest BCUT2D eigenvalue weighted by Crippen LogP contribution is -2.26. The summed E-state index contributed by atoms with van der Waals surface area (Å²) in [5.74, 6) is -0.0888. The quantitative estimate of drug-likeness (QED) is 0.504. The van der Waals surface area contributed by atoms with Gasteiger partial charge in [-0.25, -0.2) is 14.1 Å². The average Bonchev–Trinajstić information content (AvgIpc) is 3.18. The normalized spacial score (nSPS) is 11.0. The van der Waals surface area contributed by atoms with Crippen molar-refractivity contribution < 1.29 is 9.18 Å². The third kappa shape index (κ3) is 4.22. The summed E-state index contributed by atoms with van der Waals surface area (Å²) < 4.78 is 16.2. The monoisotopic (exact) mass is 434 g/mol. The molecule has 164 valence electrons. The number of anilines is 2. The van der Waals surface area contributed by atoms with E-state index in [0.717, 1.165) is 5.69 Å². The van der Waals surface area contributed by atoms with Gasteiger partial charge in [-0.05, 0) is 55.5 Å². The Morgan fingerprint density at radius 1 is 1.09 bits per heavy atom. The number of nitrogens with one attached hydrogen (secondary N) is 1. The lowest BCUT2D eigenvalue weighted by molar-refractivity contribution is -0.116. The second-order valence-corrected chi connectivity index (χ2v) is 7.63. The van der Waals surface area contributed by atoms with Crippen molar-refractivity contribution >= 4 is 28.3 Å². The maximum atomic E-state index is 13.2. The molecule has 8 nitrogen and oxygen atoms in total. The van der Waals surface area contributed by atoms with E-state index in [0.29, 0.717) is 28.2 Å². The predicted molar refractivity (Wildman–Crippen MR) is 122 cm³/mol. The van der Waals surface area contributed by atoms with Crippen LogP contribution in [0.15, 0.2) is 59.5 Å². The maximum absolute atomic E-state index is 13.2. The Morgan fingerprint density at radius 2 is 1.78 bits per heavy atom. The first-order valence-electron chi connectivity index (χ1n) is 10.1. The molecule has 2 heterocycles. The van der Waals surface area contributed by atoms with Crippen LogP contribution in [0.5, 0.6) is 0 Å². The van der Waals surface area contributed by atoms with Crippen LogP contribution < -0.4 is 15.8 Å². The minimum Gasteiger partial charge on any atom is -0.378 e. The largest absolute Gasteiger partial charge is 0.378 e. The van der Waals surface area contributed by atoms with Crippen LogP contribution in [-0.2, 0) is 11.3 Å². The molecule has 4 rings (SSSR count). The van der Waals surface area contributed by atoms with E-state index in [1.807, 2.05) is 43.3 Å². The number of hydrogen-bond donors (Lipinski definition) is 1. The Bertz CT molecular complexity index is 1320. The van der Waals surface area contributed by atoms with Crippen molar-refractivity contribution in [2.45, 2.75) is 19.9 Å². The molecule has 0 saturated carbocycles. The molecule has 0 radical (unpaired) electrons. The summed E-state index contributed by atoms with van der Waals surface area (Å²) in [6.07, 6.45) is 1.56. The van der Waals surface area contributed by atoms with Gasteiger partial charge < -0.3 is 10.2 Å². The molecule has 0 aliphatic rings. The van der Waals surface area contributed by atoms with Crippen molar-refractivity contribution in [1.29, 1.82) is 0 Å². The third-order valence-corrected chi connectivity index (χ3v) is 5.18. The fourth-order valence-electron chi connectivity index (χ4n) is 3.42. The zero-order chi connectivity index (χ0) is 22.8. The maximum Gasteiger partial charge on any atom is 0.264 e. The fourth-order valence-corrected chi connectivity index (χ4v) is 3.42. The Hall–Kier alpha value is -4.01. The molecule has 32 heavy (non-hydrogen) atoms. The fraction of sp³-hybridized carbons (Fsp3) is 0.217. The van der Waals surface area contributed by atoms with E-state index >= 15 is 0 Å². The van der Waals surface area contributed by atoms with Gasteiger partial charge in [0.2, 0.25) is 5.91 Å². The number of carbonyl (C=O) groups is 1. The minimum atomic E-state index is -0.358. The number of carbonyl (C=O) groups excluding carboxylic acids is 1. The van der Waals surface area contributed by atoms with Gasteiger partial charge in [-0.1, -0.05) is 0 Å². The molecule has 0 aliphatic heterocycles. The lowest BCUT2D eigenvalue weighted by atomic mass is 10.2. The van der Waals surface area contributed by atoms with Crippen LogP contribution in [0.2, 0.25) is 0 Å². The van der Waals surface area contributed by atoms with Crippen molar-refractivity contribution in [3.05, 3.63) is 76.7 Å². The van der Waals surface area contributed by atoms with Gasteiger partial charge in [0.25, 0.3) is 5.56 Å². The molecule has 1 N–H and O–H groups in total. The minimum absolute atomic E-state index is 0.121. The number of hydrogen-bond acceptors (Lipinski definition) is 5. The molecule has 0 unspecified atom stereocenters. The van der Waals surface area contributed by atoms with E-state index in [2.05, 4.69) is 15.4 Å². The third-order valence-electron chi connectivity index (χ3n) is 5.18. The van der Waals surface area contributed by atoms with Crippen molar-refractivity contribution in [1.82, 2.24) is 19.3 Å². The molecule has 0 aliphatic carbocycles. The van der Waals surface area contributed by atoms with Crippen LogP contribution in [-0.4, -0.2) is 39.3 Å². The zero-order valence-electron chi connectivity index (χ0n) is 18.0. The van der Waals surface area contributed by atoms with E-state index in [-0.39, 0.29) is 30.2 Å². The summed E-state index contributed by atoms with van der Waals surface area (Å²) in [4.78, 5) is 31.9. The molecule has 0 bridgehead atoms. The van der Waals surface area contributed by atoms with Crippen molar-refractivity contribution in [3.63, 3.8) is 0 Å². The van der Waals surface area contributed by atoms with Crippen LogP contribution in [0.25, 0.3) is 16.7 Å². The Balaban J connectivity index is 1.51. The van der Waals surface area contributed by atoms with Crippen LogP contribution in [0.4, 0.5) is 15.8 Å². The standard InChI is InChI=1S/C23H23FN6O2/c1-15-26-22-20(14-25-30(22)19-8-4-16(24)5-9-19)23(32)29(15)13-12-21(31)27-17-6-10-18(11-7-17)28(2)3/h4-11,14H,12-13H2,1-3H3,(H,27,31). The van der Waals surface area contributed by atoms with Crippen LogP contribution in [0.3, 0.4) is 0 Å². The SMILES string of the molecule is Cc1nc2c(cnn2-c2ccc(F)cc2)c(=O)n1CCC(=O)Nc1ccc(N(C)C)cc1. The second-order valence-electron chi connectivity index (χ2n) is 7.63. The molecule has 2 aromatic carbocycles. The van der Waals surface area contributed by atoms with Gasteiger partial charge in [-0.2, -0.15) is 5.10 Å². The lowest BCUT2D eigenvalue weighted by Gasteiger charge is -2.13. The van der Waals surface area contributed by atoms with Crippen LogP contribution in [0, 0.1) is 12.7 Å². The first kappa shape index (κ1) is 21.2. The molecule has 2 aromatic heterocycles. The van der Waals surface area contributed by atoms with Gasteiger partial charge in [-0.15, -0.1) is 0 Å². The number of benzene rings is 2. The van der Waals surface area contributed by atoms with Crippen molar-refractivity contribution in [2.24, 2.45) is 0 Å². The number of rotatable bonds is 6. The smallest absolute Gasteiger partial charge is 0.264 e. The molecule has 9 heteroatoms. The molecule has 4 aromatic rings. The highest BCUT2D eigenvalue weighted by Crippen LogP contribution is 2.17. The number of aryl methyl sites for hydroxylation is 1. The average molecular weight is 434 g/mol. The number of fused-ring (bicyclic) bond motifs is 1. The zero-order valence-corrected chi connectivity index (χ0v) is 18.0. The second kappa shape index (κ2) is 8.62. The number of aromatic nitrogens is 4. The first-order valence-corrected chi connectivity index (χ1v) is 10.1. The summed E-state index contributed by atoms with van der Waals surface area (Å²) in [7, 11) is 3.89. The molecule has 0 spiro atoms. The van der Waals surface area contributed by atoms with Gasteiger partial charge in [0.15, 0.2) is 5.65 Å². The highest BCUT2D eigenvalue weighted by Gasteiger charge is 2.15. The van der Waals surface area contributed by atoms with Gasteiger partial charge in [0.05, 0.1) is 11.9 Å². The van der Waals surface area contributed by atoms with Gasteiger partial charge in [-0.3, -0.25) is 14.2 Å². The van der Waals surface area contributed by atoms with Crippen LogP contribution in [0.1, 0.15) is 12.2 Å². The van der Waals surface area contributed by atoms with Gasteiger partial charge >= 0.3 is 0 Å². The Kier molecular flexibility index (Phi) is 5.72. The highest BCUT2D eigenvalue weighted by molar-refractivity contribution is 5.90. The van der Waals surface area contributed by atoms with E-state index in [1.165, 1.54) is 27.6 Å². The van der Waals surface area contributed by atoms with Crippen LogP contribution >= 0.6 is 0 Å². The van der Waals surface area contributed by atoms with E-state index in [1.54, 1.807) is 19.1 Å². The Morgan fingerprint density at radius 3 is 2.44 bits per heavy atom. The van der Waals surface area contributed by atoms with E-state index < -0.39 is 0 Å². The number of amides is 1. The summed E-state index contributed by atoms with van der Waals surface area (Å²) in [5, 5.41) is 7.42. The summed E-state index contributed by atoms with van der Waals surface area (Å²) >= 11 is 0. The molecule has 1 amide bonds. The molecule has 0 atom stereocenters. The summed E-state index contributed by atoms with van der Waals surface area (Å²) in [6, 6.07) is 13.3. The van der Waals surface area contributed by atoms with E-state index in [4.69, 9.17) is 0 Å². The molecular weight excluding hydrogens is 411 g/mol. The summed E-state index contributed by atoms with van der Waals surface area (Å²) in [5.41, 5.74) is 2.44. The summed E-state index contributed by atoms with van der Waals surface area (Å²) in [6.45, 7) is 1.90. The highest BCUT2D eigenvalue weighted by atomic mass is 19.1. The topological polar surface area (TPSA) is 85.0 Å². The predicted octanol–water partition coefficient (Wildman–Crippen LogP) is 3.12. The molecule has 0 saturated heterocycles. The first-order chi connectivity index (χ1) is 15.3. The molecular formula is C23H23FN6O2. The molecule has 0 fully saturated rings. The van der Waals surface area contributed by atoms with Crippen molar-refractivity contribution in [3.8, 4) is 5.69 Å². The van der Waals surface area contributed by atoms with Crippen molar-refractivity contribution in [2.75, 3.05) is 24.3 Å².